The predicted octanol–water partition coefficient (Wildman–Crippen LogP) is 5.58. The summed E-state index contributed by atoms with van der Waals surface area (Å²) in [7, 11) is 0. The Bertz CT molecular complexity index is 595. The summed E-state index contributed by atoms with van der Waals surface area (Å²) >= 11 is 0. The molecule has 0 aliphatic heterocycles. The second kappa shape index (κ2) is 5.83. The first kappa shape index (κ1) is 14.2. The molecule has 0 nitrogen and oxygen atoms in total. The Balaban J connectivity index is 2.25. The van der Waals surface area contributed by atoms with Gasteiger partial charge in [0, 0.05) is 12.0 Å². The fourth-order valence-corrected chi connectivity index (χ4v) is 2.01. The summed E-state index contributed by atoms with van der Waals surface area (Å²) in [5, 5.41) is 0. The molecule has 0 bridgehead atoms. The van der Waals surface area contributed by atoms with E-state index in [2.05, 4.69) is 13.2 Å². The number of benzene rings is 2. The van der Waals surface area contributed by atoms with Gasteiger partial charge in [-0.3, -0.25) is 0 Å². The van der Waals surface area contributed by atoms with Crippen LogP contribution in [0.3, 0.4) is 0 Å². The van der Waals surface area contributed by atoms with Crippen molar-refractivity contribution in [3.8, 4) is 11.1 Å². The molecule has 0 aromatic heterocycles. The van der Waals surface area contributed by atoms with Crippen LogP contribution in [-0.4, -0.2) is 5.92 Å². The summed E-state index contributed by atoms with van der Waals surface area (Å²) in [5.74, 6) is -2.95. The Hall–Kier alpha value is -2.22. The van der Waals surface area contributed by atoms with E-state index in [4.69, 9.17) is 0 Å². The molecule has 20 heavy (non-hydrogen) atoms. The molecule has 2 aromatic rings. The summed E-state index contributed by atoms with van der Waals surface area (Å²) in [4.78, 5) is 0. The molecule has 0 unspecified atom stereocenters. The average molecular weight is 270 g/mol. The summed E-state index contributed by atoms with van der Waals surface area (Å²) in [6.45, 7) is 6.87. The van der Waals surface area contributed by atoms with Gasteiger partial charge in [-0.1, -0.05) is 67.3 Å². The molecule has 0 saturated heterocycles. The van der Waals surface area contributed by atoms with E-state index in [1.165, 1.54) is 6.08 Å². The Morgan fingerprint density at radius 2 is 1.50 bits per heavy atom. The first-order valence-electron chi connectivity index (χ1n) is 6.38. The Morgan fingerprint density at radius 1 is 0.950 bits per heavy atom. The molecule has 0 atom stereocenters. The minimum absolute atomic E-state index is 0.169. The van der Waals surface area contributed by atoms with Gasteiger partial charge < -0.3 is 0 Å². The van der Waals surface area contributed by atoms with E-state index in [1.807, 2.05) is 42.5 Å². The minimum atomic E-state index is -2.95. The van der Waals surface area contributed by atoms with Gasteiger partial charge in [-0.25, -0.2) is 8.78 Å². The number of halogens is 2. The third-order valence-electron chi connectivity index (χ3n) is 3.18. The van der Waals surface area contributed by atoms with E-state index in [0.717, 1.165) is 11.1 Å². The van der Waals surface area contributed by atoms with Gasteiger partial charge in [0.1, 0.15) is 0 Å². The lowest BCUT2D eigenvalue weighted by atomic mass is 9.96. The van der Waals surface area contributed by atoms with Crippen LogP contribution in [0.1, 0.15) is 12.0 Å². The molecule has 2 heteroatoms. The fraction of sp³-hybridized carbons (Fsp3) is 0.111. The van der Waals surface area contributed by atoms with E-state index >= 15 is 0 Å². The van der Waals surface area contributed by atoms with Gasteiger partial charge in [0.15, 0.2) is 0 Å². The fourth-order valence-electron chi connectivity index (χ4n) is 2.01. The highest BCUT2D eigenvalue weighted by Gasteiger charge is 2.31. The van der Waals surface area contributed by atoms with Crippen LogP contribution in [0.15, 0.2) is 73.8 Å². The molecule has 2 rings (SSSR count). The maximum absolute atomic E-state index is 13.8. The second-order valence-corrected chi connectivity index (χ2v) is 4.62. The molecule has 0 amide bonds. The van der Waals surface area contributed by atoms with Gasteiger partial charge in [-0.05, 0) is 16.7 Å². The zero-order valence-corrected chi connectivity index (χ0v) is 11.2. The molecule has 0 heterocycles. The molecule has 2 aromatic carbocycles. The van der Waals surface area contributed by atoms with Crippen molar-refractivity contribution in [2.24, 2.45) is 0 Å². The van der Waals surface area contributed by atoms with Crippen molar-refractivity contribution >= 4 is 5.57 Å². The molecule has 0 spiro atoms. The molecule has 0 N–H and O–H groups in total. The Morgan fingerprint density at radius 3 is 2.05 bits per heavy atom. The van der Waals surface area contributed by atoms with Gasteiger partial charge in [-0.2, -0.15) is 0 Å². The van der Waals surface area contributed by atoms with Gasteiger partial charge in [0.05, 0.1) is 0 Å². The monoisotopic (exact) mass is 270 g/mol. The standard InChI is InChI=1S/C18H16F2/c1-3-13-18(19,20)14(2)15-9-11-17(12-10-15)16-7-5-4-6-8-16/h3-12H,1-2,13H2. The summed E-state index contributed by atoms with van der Waals surface area (Å²) in [5.41, 5.74) is 2.34. The number of allylic oxidation sites excluding steroid dienone is 2. The Kier molecular flexibility index (Phi) is 4.14. The maximum atomic E-state index is 13.8. The summed E-state index contributed by atoms with van der Waals surface area (Å²) in [6, 6.07) is 16.8. The highest BCUT2D eigenvalue weighted by atomic mass is 19.3. The van der Waals surface area contributed by atoms with Crippen LogP contribution in [0.5, 0.6) is 0 Å². The van der Waals surface area contributed by atoms with E-state index in [0.29, 0.717) is 5.56 Å². The normalized spacial score (nSPS) is 11.1. The number of hydrogen-bond acceptors (Lipinski definition) is 0. The molecule has 102 valence electrons. The van der Waals surface area contributed by atoms with Crippen molar-refractivity contribution < 1.29 is 8.78 Å². The first-order chi connectivity index (χ1) is 9.54. The zero-order chi connectivity index (χ0) is 14.6. The number of hydrogen-bond donors (Lipinski definition) is 0. The van der Waals surface area contributed by atoms with E-state index < -0.39 is 12.3 Å². The van der Waals surface area contributed by atoms with Crippen molar-refractivity contribution in [1.29, 1.82) is 0 Å². The first-order valence-corrected chi connectivity index (χ1v) is 6.38. The maximum Gasteiger partial charge on any atom is 0.276 e. The largest absolute Gasteiger partial charge is 0.276 e. The molecular formula is C18H16F2. The summed E-state index contributed by atoms with van der Waals surface area (Å²) < 4.78 is 27.5. The number of alkyl halides is 2. The van der Waals surface area contributed by atoms with Crippen LogP contribution in [0, 0.1) is 0 Å². The molecule has 0 aliphatic carbocycles. The van der Waals surface area contributed by atoms with Crippen molar-refractivity contribution in [2.45, 2.75) is 12.3 Å². The lowest BCUT2D eigenvalue weighted by Crippen LogP contribution is -2.16. The second-order valence-electron chi connectivity index (χ2n) is 4.62. The van der Waals surface area contributed by atoms with Gasteiger partial charge >= 0.3 is 0 Å². The topological polar surface area (TPSA) is 0 Å². The quantitative estimate of drug-likeness (QED) is 0.622. The predicted molar refractivity (Wildman–Crippen MR) is 80.7 cm³/mol. The SMILES string of the molecule is C=CCC(F)(F)C(=C)c1ccc(-c2ccccc2)cc1. The van der Waals surface area contributed by atoms with E-state index in [-0.39, 0.29) is 5.57 Å². The molecule has 0 saturated carbocycles. The molecular weight excluding hydrogens is 254 g/mol. The van der Waals surface area contributed by atoms with E-state index in [9.17, 15) is 8.78 Å². The molecule has 0 aliphatic rings. The van der Waals surface area contributed by atoms with Gasteiger partial charge in [-0.15, -0.1) is 6.58 Å². The molecule has 0 fully saturated rings. The van der Waals surface area contributed by atoms with Crippen molar-refractivity contribution in [3.63, 3.8) is 0 Å². The van der Waals surface area contributed by atoms with E-state index in [1.54, 1.807) is 12.1 Å². The number of rotatable bonds is 5. The Labute approximate surface area is 118 Å². The van der Waals surface area contributed by atoms with Crippen LogP contribution >= 0.6 is 0 Å². The highest BCUT2D eigenvalue weighted by molar-refractivity contribution is 5.72. The van der Waals surface area contributed by atoms with Gasteiger partial charge in [0.25, 0.3) is 5.92 Å². The van der Waals surface area contributed by atoms with Crippen molar-refractivity contribution in [2.75, 3.05) is 0 Å². The van der Waals surface area contributed by atoms with Crippen LogP contribution < -0.4 is 0 Å². The minimum Gasteiger partial charge on any atom is -0.201 e. The van der Waals surface area contributed by atoms with Crippen LogP contribution in [-0.2, 0) is 0 Å². The summed E-state index contributed by atoms with van der Waals surface area (Å²) in [6.07, 6.45) is 0.815. The smallest absolute Gasteiger partial charge is 0.201 e. The average Bonchev–Trinajstić information content (AvgIpc) is 2.47. The van der Waals surface area contributed by atoms with Crippen molar-refractivity contribution in [1.82, 2.24) is 0 Å². The lowest BCUT2D eigenvalue weighted by molar-refractivity contribution is 0.0709. The van der Waals surface area contributed by atoms with Crippen molar-refractivity contribution in [3.05, 3.63) is 79.4 Å². The molecule has 0 radical (unpaired) electrons. The zero-order valence-electron chi connectivity index (χ0n) is 11.2. The third kappa shape index (κ3) is 3.02. The third-order valence-corrected chi connectivity index (χ3v) is 3.18. The van der Waals surface area contributed by atoms with Crippen LogP contribution in [0.4, 0.5) is 8.78 Å². The lowest BCUT2D eigenvalue weighted by Gasteiger charge is -2.17. The van der Waals surface area contributed by atoms with Crippen LogP contribution in [0.2, 0.25) is 0 Å². The van der Waals surface area contributed by atoms with Gasteiger partial charge in [0.2, 0.25) is 0 Å². The van der Waals surface area contributed by atoms with Crippen LogP contribution in [0.25, 0.3) is 16.7 Å². The highest BCUT2D eigenvalue weighted by Crippen LogP contribution is 2.35.